The summed E-state index contributed by atoms with van der Waals surface area (Å²) < 4.78 is 38.0. The van der Waals surface area contributed by atoms with Crippen molar-refractivity contribution in [1.82, 2.24) is 20.9 Å². The molecule has 6 nitrogen and oxygen atoms in total. The number of hydrogen-bond acceptors (Lipinski definition) is 4. The molecular weight excluding hydrogens is 415 g/mol. The molecule has 0 atom stereocenters. The van der Waals surface area contributed by atoms with Gasteiger partial charge < -0.3 is 16.0 Å². The summed E-state index contributed by atoms with van der Waals surface area (Å²) in [7, 11) is 0. The number of carbonyl (C=O) groups is 1. The van der Waals surface area contributed by atoms with E-state index in [0.29, 0.717) is 29.6 Å². The molecule has 1 amide bonds. The first-order valence-corrected chi connectivity index (χ1v) is 10.3. The highest BCUT2D eigenvalue weighted by molar-refractivity contribution is 7.09. The van der Waals surface area contributed by atoms with E-state index in [1.807, 2.05) is 33.8 Å². The van der Waals surface area contributed by atoms with Crippen LogP contribution >= 0.6 is 11.3 Å². The second kappa shape index (κ2) is 9.92. The number of thiazole rings is 1. The maximum absolute atomic E-state index is 12.7. The minimum Gasteiger partial charge on any atom is -0.357 e. The molecule has 3 N–H and O–H groups in total. The summed E-state index contributed by atoms with van der Waals surface area (Å²) in [6.45, 7) is 8.64. The van der Waals surface area contributed by atoms with Gasteiger partial charge in [-0.2, -0.15) is 13.2 Å². The molecule has 0 radical (unpaired) electrons. The quantitative estimate of drug-likeness (QED) is 0.469. The number of aromatic nitrogens is 1. The number of amides is 1. The second-order valence-corrected chi connectivity index (χ2v) is 8.52. The summed E-state index contributed by atoms with van der Waals surface area (Å²) in [5.41, 5.74) is 0.145. The lowest BCUT2D eigenvalue weighted by atomic mass is 10.1. The van der Waals surface area contributed by atoms with Gasteiger partial charge in [0, 0.05) is 23.0 Å². The molecule has 164 valence electrons. The van der Waals surface area contributed by atoms with E-state index in [-0.39, 0.29) is 18.0 Å². The van der Waals surface area contributed by atoms with Gasteiger partial charge in [0.2, 0.25) is 0 Å². The van der Waals surface area contributed by atoms with Crippen LogP contribution in [0.25, 0.3) is 0 Å². The van der Waals surface area contributed by atoms with Crippen molar-refractivity contribution in [3.8, 4) is 0 Å². The molecule has 1 aromatic carbocycles. The lowest BCUT2D eigenvalue weighted by molar-refractivity contribution is -0.140. The van der Waals surface area contributed by atoms with Crippen LogP contribution < -0.4 is 16.0 Å². The van der Waals surface area contributed by atoms with Gasteiger partial charge in [-0.3, -0.25) is 4.79 Å². The van der Waals surface area contributed by atoms with Gasteiger partial charge in [-0.15, -0.1) is 11.3 Å². The number of rotatable bonds is 6. The maximum atomic E-state index is 12.7. The molecule has 0 aliphatic rings. The monoisotopic (exact) mass is 441 g/mol. The largest absolute Gasteiger partial charge is 0.434 e. The number of guanidine groups is 1. The molecular formula is C20H26F3N5OS. The van der Waals surface area contributed by atoms with Gasteiger partial charge in [-0.25, -0.2) is 9.98 Å². The molecule has 0 unspecified atom stereocenters. The Morgan fingerprint density at radius 2 is 1.93 bits per heavy atom. The van der Waals surface area contributed by atoms with Crippen LogP contribution in [0.2, 0.25) is 0 Å². The maximum Gasteiger partial charge on any atom is 0.434 e. The van der Waals surface area contributed by atoms with E-state index < -0.39 is 11.9 Å². The van der Waals surface area contributed by atoms with Crippen molar-refractivity contribution in [2.24, 2.45) is 4.99 Å². The van der Waals surface area contributed by atoms with Crippen molar-refractivity contribution in [3.63, 3.8) is 0 Å². The number of halogens is 3. The van der Waals surface area contributed by atoms with Crippen molar-refractivity contribution >= 4 is 23.2 Å². The molecule has 0 saturated carbocycles. The lowest BCUT2D eigenvalue weighted by Gasteiger charge is -2.20. The normalized spacial score (nSPS) is 12.6. The van der Waals surface area contributed by atoms with Gasteiger partial charge in [-0.05, 0) is 45.4 Å². The molecule has 0 aliphatic heterocycles. The van der Waals surface area contributed by atoms with Crippen LogP contribution in [0.3, 0.4) is 0 Å². The molecule has 0 saturated heterocycles. The van der Waals surface area contributed by atoms with Gasteiger partial charge in [-0.1, -0.05) is 12.1 Å². The van der Waals surface area contributed by atoms with Crippen molar-refractivity contribution in [1.29, 1.82) is 0 Å². The first kappa shape index (κ1) is 23.7. The highest BCUT2D eigenvalue weighted by atomic mass is 32.1. The topological polar surface area (TPSA) is 78.4 Å². The third-order valence-electron chi connectivity index (χ3n) is 3.69. The molecule has 0 fully saturated rings. The predicted molar refractivity (Wildman–Crippen MR) is 112 cm³/mol. The Morgan fingerprint density at radius 3 is 2.53 bits per heavy atom. The van der Waals surface area contributed by atoms with Crippen LogP contribution in [0.5, 0.6) is 0 Å². The molecule has 2 rings (SSSR count). The standard InChI is InChI=1S/C20H26F3N5OS/c1-5-24-18(26-11-16-27-15(12-30-16)20(21,22)23)25-10-13-7-6-8-14(9-13)17(29)28-19(2,3)4/h6-9,12H,5,10-11H2,1-4H3,(H,28,29)(H2,24,25,26). The zero-order chi connectivity index (χ0) is 22.4. The van der Waals surface area contributed by atoms with Crippen LogP contribution in [-0.2, 0) is 19.3 Å². The Bertz CT molecular complexity index is 887. The Labute approximate surface area is 178 Å². The fraction of sp³-hybridized carbons (Fsp3) is 0.450. The van der Waals surface area contributed by atoms with Crippen molar-refractivity contribution in [3.05, 3.63) is 51.5 Å². The Kier molecular flexibility index (Phi) is 7.83. The number of aliphatic imine (C=N–C) groups is 1. The molecule has 1 heterocycles. The molecule has 2 aromatic rings. The molecule has 0 spiro atoms. The number of nitrogens with one attached hydrogen (secondary N) is 3. The Morgan fingerprint density at radius 1 is 1.20 bits per heavy atom. The summed E-state index contributed by atoms with van der Waals surface area (Å²) >= 11 is 0.940. The second-order valence-electron chi connectivity index (χ2n) is 7.58. The van der Waals surface area contributed by atoms with Gasteiger partial charge >= 0.3 is 6.18 Å². The van der Waals surface area contributed by atoms with E-state index in [0.717, 1.165) is 22.3 Å². The molecule has 0 aliphatic carbocycles. The number of hydrogen-bond donors (Lipinski definition) is 3. The summed E-state index contributed by atoms with van der Waals surface area (Å²) in [5, 5.41) is 10.2. The lowest BCUT2D eigenvalue weighted by Crippen LogP contribution is -2.40. The van der Waals surface area contributed by atoms with E-state index in [4.69, 9.17) is 0 Å². The van der Waals surface area contributed by atoms with Crippen LogP contribution in [0.15, 0.2) is 34.6 Å². The number of benzene rings is 1. The van der Waals surface area contributed by atoms with Crippen LogP contribution in [0.1, 0.15) is 54.3 Å². The van der Waals surface area contributed by atoms with Gasteiger partial charge in [0.25, 0.3) is 5.91 Å². The summed E-state index contributed by atoms with van der Waals surface area (Å²) in [4.78, 5) is 20.4. The minimum atomic E-state index is -4.45. The van der Waals surface area contributed by atoms with Crippen LogP contribution in [0, 0.1) is 0 Å². The first-order valence-electron chi connectivity index (χ1n) is 9.43. The smallest absolute Gasteiger partial charge is 0.357 e. The highest BCUT2D eigenvalue weighted by Gasteiger charge is 2.33. The van der Waals surface area contributed by atoms with Crippen molar-refractivity contribution < 1.29 is 18.0 Å². The summed E-state index contributed by atoms with van der Waals surface area (Å²) in [5.74, 6) is 0.286. The van der Waals surface area contributed by atoms with E-state index in [9.17, 15) is 18.0 Å². The molecule has 10 heteroatoms. The average molecular weight is 442 g/mol. The van der Waals surface area contributed by atoms with Crippen LogP contribution in [-0.4, -0.2) is 28.9 Å². The third kappa shape index (κ3) is 7.66. The number of alkyl halides is 3. The van der Waals surface area contributed by atoms with Crippen molar-refractivity contribution in [2.75, 3.05) is 6.54 Å². The Balaban J connectivity index is 2.03. The van der Waals surface area contributed by atoms with E-state index in [1.165, 1.54) is 0 Å². The summed E-state index contributed by atoms with van der Waals surface area (Å²) in [6.07, 6.45) is -4.45. The first-order chi connectivity index (χ1) is 14.0. The predicted octanol–water partition coefficient (Wildman–Crippen LogP) is 3.95. The van der Waals surface area contributed by atoms with E-state index in [2.05, 4.69) is 25.9 Å². The number of nitrogens with zero attached hydrogens (tertiary/aromatic N) is 2. The number of carbonyl (C=O) groups excluding carboxylic acids is 1. The fourth-order valence-corrected chi connectivity index (χ4v) is 3.16. The molecule has 1 aromatic heterocycles. The Hall–Kier alpha value is -2.62. The third-order valence-corrected chi connectivity index (χ3v) is 4.54. The minimum absolute atomic E-state index is 0.126. The fourth-order valence-electron chi connectivity index (χ4n) is 2.42. The SMILES string of the molecule is CCNC(=NCc1cccc(C(=O)NC(C)(C)C)c1)NCc1nc(C(F)(F)F)cs1. The van der Waals surface area contributed by atoms with E-state index >= 15 is 0 Å². The van der Waals surface area contributed by atoms with Gasteiger partial charge in [0.05, 0.1) is 13.1 Å². The average Bonchev–Trinajstić information content (AvgIpc) is 3.12. The van der Waals surface area contributed by atoms with E-state index in [1.54, 1.807) is 18.2 Å². The highest BCUT2D eigenvalue weighted by Crippen LogP contribution is 2.29. The van der Waals surface area contributed by atoms with Gasteiger partial charge in [0.15, 0.2) is 11.7 Å². The van der Waals surface area contributed by atoms with Gasteiger partial charge in [0.1, 0.15) is 5.01 Å². The van der Waals surface area contributed by atoms with Crippen molar-refractivity contribution in [2.45, 2.75) is 52.5 Å². The zero-order valence-corrected chi connectivity index (χ0v) is 18.2. The molecule has 30 heavy (non-hydrogen) atoms. The van der Waals surface area contributed by atoms with Crippen LogP contribution in [0.4, 0.5) is 13.2 Å². The zero-order valence-electron chi connectivity index (χ0n) is 17.4. The molecule has 0 bridgehead atoms. The summed E-state index contributed by atoms with van der Waals surface area (Å²) in [6, 6.07) is 7.15.